The third-order valence-electron chi connectivity index (χ3n) is 3.45. The van der Waals surface area contributed by atoms with Gasteiger partial charge in [-0.3, -0.25) is 20.3 Å². The number of aliphatic hydroxyl groups excluding tert-OH is 1. The zero-order valence-corrected chi connectivity index (χ0v) is 16.8. The number of hydrogen-bond donors (Lipinski definition) is 3. The Bertz CT molecular complexity index is 923. The van der Waals surface area contributed by atoms with Gasteiger partial charge in [0.05, 0.1) is 16.4 Å². The molecule has 0 bridgehead atoms. The number of anilines is 1. The Balaban J connectivity index is 1.80. The van der Waals surface area contributed by atoms with Gasteiger partial charge in [-0.25, -0.2) is 0 Å². The highest BCUT2D eigenvalue weighted by Gasteiger charge is 2.10. The highest BCUT2D eigenvalue weighted by atomic mass is 35.5. The molecule has 0 fully saturated rings. The summed E-state index contributed by atoms with van der Waals surface area (Å²) in [7, 11) is 0. The van der Waals surface area contributed by atoms with Gasteiger partial charge in [0.15, 0.2) is 6.23 Å². The van der Waals surface area contributed by atoms with Crippen molar-refractivity contribution >= 4 is 46.2 Å². The Kier molecular flexibility index (Phi) is 8.20. The minimum absolute atomic E-state index is 0.0771. The van der Waals surface area contributed by atoms with Crippen LogP contribution in [0.5, 0.6) is 5.75 Å². The van der Waals surface area contributed by atoms with E-state index in [9.17, 15) is 20.0 Å². The topological polar surface area (TPSA) is 126 Å². The maximum Gasteiger partial charge on any atom is 0.271 e. The van der Waals surface area contributed by atoms with Crippen LogP contribution in [0.3, 0.4) is 0 Å². The number of carbonyl (C=O) groups excluding carboxylic acids is 1. The number of halogens is 2. The molecule has 0 unspecified atom stereocenters. The number of benzene rings is 2. The van der Waals surface area contributed by atoms with Crippen molar-refractivity contribution in [3.63, 3.8) is 0 Å². The highest BCUT2D eigenvalue weighted by Crippen LogP contribution is 2.27. The van der Waals surface area contributed by atoms with Gasteiger partial charge in [0.2, 0.25) is 5.91 Å². The second-order valence-electron chi connectivity index (χ2n) is 5.91. The number of non-ortho nitro benzene ring substituents is 1. The molecule has 2 rings (SSSR count). The number of hydrazone groups is 1. The Morgan fingerprint density at radius 2 is 2.07 bits per heavy atom. The lowest BCUT2D eigenvalue weighted by Crippen LogP contribution is -2.31. The molecule has 9 nitrogen and oxygen atoms in total. The Labute approximate surface area is 176 Å². The summed E-state index contributed by atoms with van der Waals surface area (Å²) < 4.78 is 5.37. The predicted octanol–water partition coefficient (Wildman–Crippen LogP) is 3.59. The lowest BCUT2D eigenvalue weighted by atomic mass is 10.2. The molecule has 11 heteroatoms. The highest BCUT2D eigenvalue weighted by molar-refractivity contribution is 6.35. The molecule has 2 aromatic rings. The summed E-state index contributed by atoms with van der Waals surface area (Å²) in [6.07, 6.45) is -1.22. The number of aliphatic hydroxyl groups is 1. The van der Waals surface area contributed by atoms with Crippen molar-refractivity contribution in [2.75, 3.05) is 11.9 Å². The fourth-order valence-corrected chi connectivity index (χ4v) is 2.62. The second kappa shape index (κ2) is 10.6. The molecule has 1 atom stereocenters. The van der Waals surface area contributed by atoms with Crippen LogP contribution in [0.25, 0.3) is 0 Å². The summed E-state index contributed by atoms with van der Waals surface area (Å²) in [5.41, 5.74) is 3.02. The molecule has 0 saturated carbocycles. The van der Waals surface area contributed by atoms with Crippen LogP contribution in [-0.4, -0.2) is 34.5 Å². The van der Waals surface area contributed by atoms with E-state index >= 15 is 0 Å². The summed E-state index contributed by atoms with van der Waals surface area (Å²) in [6, 6.07) is 10.3. The number of carbonyl (C=O) groups is 1. The van der Waals surface area contributed by atoms with Gasteiger partial charge >= 0.3 is 0 Å². The molecule has 154 valence electrons. The molecular weight excluding hydrogens is 423 g/mol. The summed E-state index contributed by atoms with van der Waals surface area (Å²) in [5.74, 6) is -0.0545. The monoisotopic (exact) mass is 440 g/mol. The van der Waals surface area contributed by atoms with E-state index in [-0.39, 0.29) is 18.7 Å². The maximum absolute atomic E-state index is 12.0. The van der Waals surface area contributed by atoms with Crippen LogP contribution in [0, 0.1) is 10.1 Å². The van der Waals surface area contributed by atoms with Crippen molar-refractivity contribution < 1.29 is 19.6 Å². The number of nitro benzene ring substituents is 1. The molecule has 0 aliphatic rings. The quantitative estimate of drug-likeness (QED) is 0.236. The molecule has 0 aliphatic heterocycles. The van der Waals surface area contributed by atoms with E-state index in [1.54, 1.807) is 25.1 Å². The lowest BCUT2D eigenvalue weighted by Gasteiger charge is -2.13. The molecule has 3 N–H and O–H groups in total. The number of amides is 1. The summed E-state index contributed by atoms with van der Waals surface area (Å²) in [4.78, 5) is 22.2. The SMILES string of the molecule is C/C(CC(=O)Nc1cccc([N+](=O)[O-])c1)=N/N[C@H](O)COc1ccc(Cl)cc1Cl. The molecule has 2 aromatic carbocycles. The van der Waals surface area contributed by atoms with E-state index in [2.05, 4.69) is 15.8 Å². The van der Waals surface area contributed by atoms with Crippen molar-refractivity contribution in [3.8, 4) is 5.75 Å². The van der Waals surface area contributed by atoms with Gasteiger partial charge in [-0.05, 0) is 31.2 Å². The van der Waals surface area contributed by atoms with E-state index in [1.807, 2.05) is 0 Å². The Morgan fingerprint density at radius 1 is 1.31 bits per heavy atom. The van der Waals surface area contributed by atoms with Crippen molar-refractivity contribution in [2.45, 2.75) is 19.6 Å². The molecule has 0 spiro atoms. The minimum atomic E-state index is -1.14. The average Bonchev–Trinajstić information content (AvgIpc) is 2.65. The van der Waals surface area contributed by atoms with E-state index in [0.29, 0.717) is 27.2 Å². The third kappa shape index (κ3) is 7.57. The van der Waals surface area contributed by atoms with Gasteiger partial charge < -0.3 is 15.2 Å². The van der Waals surface area contributed by atoms with Crippen LogP contribution < -0.4 is 15.5 Å². The molecule has 0 radical (unpaired) electrons. The second-order valence-corrected chi connectivity index (χ2v) is 6.75. The fourth-order valence-electron chi connectivity index (χ4n) is 2.16. The van der Waals surface area contributed by atoms with Crippen molar-refractivity contribution in [1.29, 1.82) is 0 Å². The van der Waals surface area contributed by atoms with Gasteiger partial charge in [0.25, 0.3) is 5.69 Å². The Hall–Kier alpha value is -2.88. The number of nitrogens with one attached hydrogen (secondary N) is 2. The summed E-state index contributed by atoms with van der Waals surface area (Å²) in [5, 5.41) is 27.9. The van der Waals surface area contributed by atoms with Gasteiger partial charge in [-0.2, -0.15) is 5.10 Å². The lowest BCUT2D eigenvalue weighted by molar-refractivity contribution is -0.384. The van der Waals surface area contributed by atoms with Crippen LogP contribution in [0.4, 0.5) is 11.4 Å². The smallest absolute Gasteiger partial charge is 0.271 e. The number of nitrogens with zero attached hydrogens (tertiary/aromatic N) is 2. The molecule has 1 amide bonds. The van der Waals surface area contributed by atoms with Crippen LogP contribution in [0.1, 0.15) is 13.3 Å². The first-order valence-corrected chi connectivity index (χ1v) is 9.09. The average molecular weight is 441 g/mol. The van der Waals surface area contributed by atoms with Crippen molar-refractivity contribution in [3.05, 3.63) is 62.6 Å². The number of ether oxygens (including phenoxy) is 1. The van der Waals surface area contributed by atoms with Crippen molar-refractivity contribution in [1.82, 2.24) is 5.43 Å². The summed E-state index contributed by atoms with van der Waals surface area (Å²) in [6.45, 7) is 1.45. The van der Waals surface area contributed by atoms with Crippen LogP contribution >= 0.6 is 23.2 Å². The first-order chi connectivity index (χ1) is 13.7. The largest absolute Gasteiger partial charge is 0.487 e. The molecular formula is C18H18Cl2N4O5. The van der Waals surface area contributed by atoms with Crippen LogP contribution in [-0.2, 0) is 4.79 Å². The van der Waals surface area contributed by atoms with E-state index in [4.69, 9.17) is 27.9 Å². The van der Waals surface area contributed by atoms with E-state index < -0.39 is 17.1 Å². The molecule has 0 heterocycles. The van der Waals surface area contributed by atoms with Crippen molar-refractivity contribution in [2.24, 2.45) is 5.10 Å². The minimum Gasteiger partial charge on any atom is -0.487 e. The molecule has 0 saturated heterocycles. The first-order valence-electron chi connectivity index (χ1n) is 8.33. The van der Waals surface area contributed by atoms with Gasteiger partial charge in [0, 0.05) is 28.6 Å². The Morgan fingerprint density at radius 3 is 2.76 bits per heavy atom. The molecule has 29 heavy (non-hydrogen) atoms. The number of rotatable bonds is 9. The zero-order chi connectivity index (χ0) is 21.4. The van der Waals surface area contributed by atoms with Gasteiger partial charge in [-0.1, -0.05) is 29.3 Å². The molecule has 0 aliphatic carbocycles. The van der Waals surface area contributed by atoms with E-state index in [1.165, 1.54) is 24.3 Å². The predicted molar refractivity (Wildman–Crippen MR) is 111 cm³/mol. The maximum atomic E-state index is 12.0. The number of hydrogen-bond acceptors (Lipinski definition) is 7. The first kappa shape index (κ1) is 22.4. The van der Waals surface area contributed by atoms with Crippen LogP contribution in [0.15, 0.2) is 47.6 Å². The van der Waals surface area contributed by atoms with Crippen LogP contribution in [0.2, 0.25) is 10.0 Å². The van der Waals surface area contributed by atoms with E-state index in [0.717, 1.165) is 0 Å². The van der Waals surface area contributed by atoms with Gasteiger partial charge in [-0.15, -0.1) is 0 Å². The fraction of sp³-hybridized carbons (Fsp3) is 0.222. The summed E-state index contributed by atoms with van der Waals surface area (Å²) >= 11 is 11.8. The number of nitro groups is 1. The third-order valence-corrected chi connectivity index (χ3v) is 3.98. The van der Waals surface area contributed by atoms with Gasteiger partial charge in [0.1, 0.15) is 12.4 Å². The standard InChI is InChI=1S/C18H18Cl2N4O5/c1-11(7-17(25)21-13-3-2-4-14(9-13)24(27)28)22-23-18(26)10-29-16-6-5-12(19)8-15(16)20/h2-6,8-9,18,23,26H,7,10H2,1H3,(H,21,25)/b22-11-/t18-/m1/s1. The molecule has 0 aromatic heterocycles. The normalized spacial score (nSPS) is 12.2. The zero-order valence-electron chi connectivity index (χ0n) is 15.3.